The number of nitrogens with one attached hydrogen (secondary N) is 1. The van der Waals surface area contributed by atoms with Crippen LogP contribution in [0.25, 0.3) is 0 Å². The quantitative estimate of drug-likeness (QED) is 0.763. The topological polar surface area (TPSA) is 64.6 Å². The van der Waals surface area contributed by atoms with E-state index in [1.54, 1.807) is 20.8 Å². The van der Waals surface area contributed by atoms with Crippen LogP contribution in [0.1, 0.15) is 33.6 Å². The molecular weight excluding hydrogens is 222 g/mol. The van der Waals surface area contributed by atoms with E-state index in [0.29, 0.717) is 6.61 Å². The number of aldehydes is 1. The third kappa shape index (κ3) is 5.17. The molecule has 0 saturated carbocycles. The summed E-state index contributed by atoms with van der Waals surface area (Å²) in [5, 5.41) is 2.58. The Morgan fingerprint density at radius 3 is 2.71 bits per heavy atom. The van der Waals surface area contributed by atoms with E-state index in [1.807, 2.05) is 0 Å². The molecule has 98 valence electrons. The second-order valence-corrected chi connectivity index (χ2v) is 5.29. The first-order valence-corrected chi connectivity index (χ1v) is 5.95. The third-order valence-electron chi connectivity index (χ3n) is 2.53. The molecule has 5 heteroatoms. The zero-order chi connectivity index (χ0) is 12.9. The van der Waals surface area contributed by atoms with Crippen LogP contribution in [0.2, 0.25) is 0 Å². The van der Waals surface area contributed by atoms with Crippen LogP contribution in [0.3, 0.4) is 0 Å². The lowest BCUT2D eigenvalue weighted by molar-refractivity contribution is -0.112. The second-order valence-electron chi connectivity index (χ2n) is 5.29. The highest BCUT2D eigenvalue weighted by molar-refractivity contribution is 5.73. The molecule has 17 heavy (non-hydrogen) atoms. The van der Waals surface area contributed by atoms with Crippen molar-refractivity contribution >= 4 is 12.4 Å². The van der Waals surface area contributed by atoms with Gasteiger partial charge in [-0.15, -0.1) is 0 Å². The van der Waals surface area contributed by atoms with Gasteiger partial charge in [0.05, 0.1) is 12.6 Å². The monoisotopic (exact) mass is 243 g/mol. The lowest BCUT2D eigenvalue weighted by Gasteiger charge is -2.28. The van der Waals surface area contributed by atoms with Gasteiger partial charge in [-0.1, -0.05) is 0 Å². The second kappa shape index (κ2) is 6.00. The van der Waals surface area contributed by atoms with Crippen LogP contribution < -0.4 is 5.32 Å². The zero-order valence-electron chi connectivity index (χ0n) is 10.7. The summed E-state index contributed by atoms with van der Waals surface area (Å²) in [7, 11) is 0. The van der Waals surface area contributed by atoms with Gasteiger partial charge in [-0.2, -0.15) is 0 Å². The molecule has 0 aromatic rings. The van der Waals surface area contributed by atoms with Crippen LogP contribution in [0.15, 0.2) is 0 Å². The Hall–Kier alpha value is -1.10. The highest BCUT2D eigenvalue weighted by atomic mass is 16.6. The lowest BCUT2D eigenvalue weighted by Crippen LogP contribution is -2.46. The Morgan fingerprint density at radius 2 is 2.24 bits per heavy atom. The van der Waals surface area contributed by atoms with Gasteiger partial charge in [-0.25, -0.2) is 4.79 Å². The van der Waals surface area contributed by atoms with Crippen molar-refractivity contribution in [2.24, 2.45) is 5.92 Å². The molecule has 0 aromatic carbocycles. The van der Waals surface area contributed by atoms with E-state index >= 15 is 0 Å². The van der Waals surface area contributed by atoms with Crippen molar-refractivity contribution in [2.75, 3.05) is 13.2 Å². The molecule has 1 N–H and O–H groups in total. The molecule has 0 spiro atoms. The van der Waals surface area contributed by atoms with Crippen LogP contribution in [-0.4, -0.2) is 37.2 Å². The molecule has 5 nitrogen and oxygen atoms in total. The summed E-state index contributed by atoms with van der Waals surface area (Å²) in [5.41, 5.74) is -0.555. The van der Waals surface area contributed by atoms with Gasteiger partial charge in [0.25, 0.3) is 0 Å². The molecular formula is C12H21NO4. The molecule has 1 aliphatic heterocycles. The van der Waals surface area contributed by atoms with Crippen LogP contribution in [-0.2, 0) is 14.3 Å². The summed E-state index contributed by atoms with van der Waals surface area (Å²) < 4.78 is 10.4. The smallest absolute Gasteiger partial charge is 0.408 e. The maximum absolute atomic E-state index is 11.5. The summed E-state index contributed by atoms with van der Waals surface area (Å²) in [4.78, 5) is 22.5. The molecule has 1 fully saturated rings. The Bertz CT molecular complexity index is 266. The fourth-order valence-corrected chi connectivity index (χ4v) is 1.76. The molecule has 0 unspecified atom stereocenters. The normalized spacial score (nSPS) is 22.6. The van der Waals surface area contributed by atoms with Crippen molar-refractivity contribution < 1.29 is 19.1 Å². The van der Waals surface area contributed by atoms with E-state index in [4.69, 9.17) is 9.47 Å². The fraction of sp³-hybridized carbons (Fsp3) is 0.833. The summed E-state index contributed by atoms with van der Waals surface area (Å²) in [6, 6.07) is -0.523. The van der Waals surface area contributed by atoms with Gasteiger partial charge in [0.1, 0.15) is 11.9 Å². The summed E-state index contributed by atoms with van der Waals surface area (Å²) in [6.07, 6.45) is 2.01. The molecule has 1 aliphatic rings. The largest absolute Gasteiger partial charge is 0.444 e. The van der Waals surface area contributed by atoms with Gasteiger partial charge < -0.3 is 19.6 Å². The SMILES string of the molecule is CC(C)(C)OC(=O)N[C@@H](C=O)[C@H]1CCCOC1. The van der Waals surface area contributed by atoms with Crippen molar-refractivity contribution in [3.05, 3.63) is 0 Å². The molecule has 0 aliphatic carbocycles. The minimum Gasteiger partial charge on any atom is -0.444 e. The molecule has 1 saturated heterocycles. The van der Waals surface area contributed by atoms with Gasteiger partial charge in [-0.05, 0) is 33.6 Å². The Labute approximate surface area is 102 Å². The first-order chi connectivity index (χ1) is 7.92. The molecule has 0 radical (unpaired) electrons. The molecule has 1 rings (SSSR count). The first kappa shape index (κ1) is 14.0. The number of amides is 1. The Kier molecular flexibility index (Phi) is 4.93. The van der Waals surface area contributed by atoms with E-state index in [0.717, 1.165) is 25.7 Å². The first-order valence-electron chi connectivity index (χ1n) is 5.95. The number of ether oxygens (including phenoxy) is 2. The maximum atomic E-state index is 11.5. The van der Waals surface area contributed by atoms with E-state index in [1.165, 1.54) is 0 Å². The number of hydrogen-bond acceptors (Lipinski definition) is 4. The number of hydrogen-bond donors (Lipinski definition) is 1. The van der Waals surface area contributed by atoms with Crippen LogP contribution in [0.4, 0.5) is 4.79 Å². The highest BCUT2D eigenvalue weighted by Gasteiger charge is 2.27. The van der Waals surface area contributed by atoms with E-state index in [2.05, 4.69) is 5.32 Å². The minimum atomic E-state index is -0.555. The predicted octanol–water partition coefficient (Wildman–Crippen LogP) is 1.51. The Balaban J connectivity index is 2.45. The number of carbonyl (C=O) groups is 2. The van der Waals surface area contributed by atoms with Crippen molar-refractivity contribution in [1.82, 2.24) is 5.32 Å². The average Bonchev–Trinajstić information content (AvgIpc) is 2.24. The van der Waals surface area contributed by atoms with Crippen LogP contribution in [0.5, 0.6) is 0 Å². The summed E-state index contributed by atoms with van der Waals surface area (Å²) >= 11 is 0. The van der Waals surface area contributed by atoms with Crippen LogP contribution >= 0.6 is 0 Å². The number of carbonyl (C=O) groups excluding carboxylic acids is 2. The lowest BCUT2D eigenvalue weighted by atomic mass is 9.95. The Morgan fingerprint density at radius 1 is 1.53 bits per heavy atom. The maximum Gasteiger partial charge on any atom is 0.408 e. The van der Waals surface area contributed by atoms with E-state index in [9.17, 15) is 9.59 Å². The standard InChI is InChI=1S/C12H21NO4/c1-12(2,3)17-11(15)13-10(7-14)9-5-4-6-16-8-9/h7,9-10H,4-6,8H2,1-3H3,(H,13,15)/t9-,10-/m0/s1. The van der Waals surface area contributed by atoms with Gasteiger partial charge in [0.15, 0.2) is 0 Å². The van der Waals surface area contributed by atoms with Crippen molar-refractivity contribution in [3.63, 3.8) is 0 Å². The van der Waals surface area contributed by atoms with Gasteiger partial charge in [0, 0.05) is 12.5 Å². The number of rotatable bonds is 3. The molecule has 0 bridgehead atoms. The van der Waals surface area contributed by atoms with Crippen LogP contribution in [0, 0.1) is 5.92 Å². The summed E-state index contributed by atoms with van der Waals surface area (Å²) in [5.74, 6) is 0.0498. The van der Waals surface area contributed by atoms with Crippen molar-refractivity contribution in [3.8, 4) is 0 Å². The van der Waals surface area contributed by atoms with Crippen molar-refractivity contribution in [1.29, 1.82) is 0 Å². The molecule has 2 atom stereocenters. The van der Waals surface area contributed by atoms with Crippen molar-refractivity contribution in [2.45, 2.75) is 45.3 Å². The summed E-state index contributed by atoms with van der Waals surface area (Å²) in [6.45, 7) is 6.60. The molecule has 1 heterocycles. The van der Waals surface area contributed by atoms with Gasteiger partial charge >= 0.3 is 6.09 Å². The zero-order valence-corrected chi connectivity index (χ0v) is 10.7. The predicted molar refractivity (Wildman–Crippen MR) is 62.8 cm³/mol. The third-order valence-corrected chi connectivity index (χ3v) is 2.53. The number of alkyl carbamates (subject to hydrolysis) is 1. The van der Waals surface area contributed by atoms with E-state index in [-0.39, 0.29) is 5.92 Å². The average molecular weight is 243 g/mol. The van der Waals surface area contributed by atoms with Gasteiger partial charge in [-0.3, -0.25) is 0 Å². The minimum absolute atomic E-state index is 0.0498. The molecule has 1 amide bonds. The van der Waals surface area contributed by atoms with E-state index < -0.39 is 17.7 Å². The molecule has 0 aromatic heterocycles. The highest BCUT2D eigenvalue weighted by Crippen LogP contribution is 2.17. The van der Waals surface area contributed by atoms with Gasteiger partial charge in [0.2, 0.25) is 0 Å². The fourth-order valence-electron chi connectivity index (χ4n) is 1.76.